The van der Waals surface area contributed by atoms with Gasteiger partial charge in [0.25, 0.3) is 0 Å². The molecule has 13 heteroatoms. The molecule has 0 spiro atoms. The van der Waals surface area contributed by atoms with Gasteiger partial charge in [0.05, 0.1) is 6.04 Å². The van der Waals surface area contributed by atoms with E-state index in [0.29, 0.717) is 19.2 Å². The highest BCUT2D eigenvalue weighted by atomic mass is 19.4. The normalized spacial score (nSPS) is 18.7. The number of anilines is 1. The minimum atomic E-state index is -4.92. The highest BCUT2D eigenvalue weighted by Crippen LogP contribution is 2.32. The Morgan fingerprint density at radius 1 is 1.27 bits per heavy atom. The average molecular weight is 470 g/mol. The van der Waals surface area contributed by atoms with Crippen LogP contribution >= 0.6 is 0 Å². The molecule has 4 rings (SSSR count). The Hall–Kier alpha value is -3.38. The maximum Gasteiger partial charge on any atom is 0.573 e. The molecule has 1 aliphatic heterocycles. The Kier molecular flexibility index (Phi) is 6.38. The van der Waals surface area contributed by atoms with E-state index < -0.39 is 17.9 Å². The third-order valence-corrected chi connectivity index (χ3v) is 5.47. The predicted octanol–water partition coefficient (Wildman–Crippen LogP) is 2.96. The second-order valence-electron chi connectivity index (χ2n) is 7.95. The van der Waals surface area contributed by atoms with Crippen LogP contribution in [0.15, 0.2) is 24.4 Å². The Balaban J connectivity index is 1.40. The van der Waals surface area contributed by atoms with Gasteiger partial charge in [0.15, 0.2) is 0 Å². The minimum absolute atomic E-state index is 0.0399. The smallest absolute Gasteiger partial charge is 0.492 e. The summed E-state index contributed by atoms with van der Waals surface area (Å²) in [6.45, 7) is 0.919. The fraction of sp³-hybridized carbons (Fsp3) is 0.500. The number of carbonyl (C=O) groups excluding carboxylic acids is 1. The van der Waals surface area contributed by atoms with Crippen molar-refractivity contribution in [3.63, 3.8) is 0 Å². The average Bonchev–Trinajstić information content (AvgIpc) is 3.57. The van der Waals surface area contributed by atoms with Gasteiger partial charge in [-0.1, -0.05) is 6.07 Å². The van der Waals surface area contributed by atoms with Crippen LogP contribution in [0, 0.1) is 5.82 Å². The zero-order valence-electron chi connectivity index (χ0n) is 17.4. The molecule has 1 aromatic carbocycles. The first-order chi connectivity index (χ1) is 15.7. The molecule has 0 radical (unpaired) electrons. The van der Waals surface area contributed by atoms with Crippen molar-refractivity contribution in [2.24, 2.45) is 0 Å². The van der Waals surface area contributed by atoms with Gasteiger partial charge in [-0.3, -0.25) is 0 Å². The standard InChI is InChI=1S/C20H22F4N6O3/c21-16-8-15(33-20(22,23)24)6-3-12(16)9-25-19(32)30(13-4-5-13)14-2-1-7-29(11-14)18-27-17(31)10-26-28-18/h3,6,8,10,13-14H,1-2,4-5,7,9,11H2,(H,25,32)(H,27,28,31)/t14-/m1/s1. The molecule has 33 heavy (non-hydrogen) atoms. The van der Waals surface area contributed by atoms with Crippen molar-refractivity contribution in [2.75, 3.05) is 18.0 Å². The molecular weight excluding hydrogens is 448 g/mol. The van der Waals surface area contributed by atoms with Crippen LogP contribution in [0.25, 0.3) is 0 Å². The van der Waals surface area contributed by atoms with E-state index in [9.17, 15) is 27.5 Å². The monoisotopic (exact) mass is 470 g/mol. The van der Waals surface area contributed by atoms with Crippen LogP contribution in [-0.2, 0) is 6.54 Å². The molecule has 2 aromatic rings. The van der Waals surface area contributed by atoms with Crippen molar-refractivity contribution >= 4 is 12.0 Å². The van der Waals surface area contributed by atoms with Crippen molar-refractivity contribution in [2.45, 2.75) is 50.7 Å². The number of rotatable bonds is 6. The number of piperidine rings is 1. The lowest BCUT2D eigenvalue weighted by atomic mass is 10.0. The maximum atomic E-state index is 14.2. The van der Waals surface area contributed by atoms with Gasteiger partial charge >= 0.3 is 12.4 Å². The fourth-order valence-corrected chi connectivity index (χ4v) is 3.90. The second kappa shape index (κ2) is 9.24. The topological polar surface area (TPSA) is 104 Å². The Bertz CT molecular complexity index is 1000. The summed E-state index contributed by atoms with van der Waals surface area (Å²) in [5.41, 5.74) is 0.0399. The molecule has 2 N–H and O–H groups in total. The number of halogens is 4. The molecule has 1 saturated heterocycles. The van der Waals surface area contributed by atoms with Crippen LogP contribution in [0.2, 0.25) is 0 Å². The molecule has 2 amide bonds. The van der Waals surface area contributed by atoms with Crippen LogP contribution in [0.3, 0.4) is 0 Å². The number of aromatic hydroxyl groups is 1. The van der Waals surface area contributed by atoms with E-state index >= 15 is 0 Å². The molecule has 2 aliphatic rings. The lowest BCUT2D eigenvalue weighted by Gasteiger charge is -2.39. The maximum absolute atomic E-state index is 14.2. The van der Waals surface area contributed by atoms with E-state index in [2.05, 4.69) is 25.2 Å². The predicted molar refractivity (Wildman–Crippen MR) is 107 cm³/mol. The van der Waals surface area contributed by atoms with Crippen molar-refractivity contribution in [1.29, 1.82) is 0 Å². The highest BCUT2D eigenvalue weighted by Gasteiger charge is 2.39. The lowest BCUT2D eigenvalue weighted by molar-refractivity contribution is -0.274. The molecule has 1 atom stereocenters. The number of benzene rings is 1. The van der Waals surface area contributed by atoms with E-state index in [4.69, 9.17) is 0 Å². The van der Waals surface area contributed by atoms with Crippen LogP contribution in [0.5, 0.6) is 11.6 Å². The number of ether oxygens (including phenoxy) is 1. The first-order valence-corrected chi connectivity index (χ1v) is 10.4. The summed E-state index contributed by atoms with van der Waals surface area (Å²) in [6, 6.07) is 2.31. The summed E-state index contributed by atoms with van der Waals surface area (Å²) in [5, 5.41) is 19.9. The number of hydrogen-bond acceptors (Lipinski definition) is 7. The molecule has 0 bridgehead atoms. The number of hydrogen-bond donors (Lipinski definition) is 2. The SMILES string of the molecule is O=C(NCc1ccc(OC(F)(F)F)cc1F)N(C1CC1)[C@@H]1CCCN(c2nncc(O)n2)C1. The molecule has 1 aliphatic carbocycles. The number of urea groups is 1. The summed E-state index contributed by atoms with van der Waals surface area (Å²) in [7, 11) is 0. The minimum Gasteiger partial charge on any atom is -0.492 e. The second-order valence-corrected chi connectivity index (χ2v) is 7.95. The summed E-state index contributed by atoms with van der Waals surface area (Å²) in [6.07, 6.45) is -0.548. The van der Waals surface area contributed by atoms with Crippen LogP contribution < -0.4 is 15.0 Å². The van der Waals surface area contributed by atoms with E-state index in [1.165, 1.54) is 0 Å². The van der Waals surface area contributed by atoms with Gasteiger partial charge in [-0.05, 0) is 31.7 Å². The zero-order chi connectivity index (χ0) is 23.6. The van der Waals surface area contributed by atoms with E-state index in [1.54, 1.807) is 4.90 Å². The third kappa shape index (κ3) is 5.90. The van der Waals surface area contributed by atoms with Gasteiger partial charge < -0.3 is 25.0 Å². The number of alkyl halides is 3. The van der Waals surface area contributed by atoms with E-state index in [1.807, 2.05) is 4.90 Å². The number of aromatic nitrogens is 3. The fourth-order valence-electron chi connectivity index (χ4n) is 3.90. The first kappa shape index (κ1) is 22.8. The van der Waals surface area contributed by atoms with Crippen molar-refractivity contribution < 1.29 is 32.2 Å². The first-order valence-electron chi connectivity index (χ1n) is 10.4. The molecule has 9 nitrogen and oxygen atoms in total. The van der Waals surface area contributed by atoms with Gasteiger partial charge in [0.2, 0.25) is 11.8 Å². The van der Waals surface area contributed by atoms with Crippen LogP contribution in [0.1, 0.15) is 31.2 Å². The third-order valence-electron chi connectivity index (χ3n) is 5.47. The molecule has 1 saturated carbocycles. The number of carbonyl (C=O) groups is 1. The summed E-state index contributed by atoms with van der Waals surface area (Å²) < 4.78 is 54.8. The molecular formula is C20H22F4N6O3. The largest absolute Gasteiger partial charge is 0.573 e. The van der Waals surface area contributed by atoms with Gasteiger partial charge in [-0.25, -0.2) is 9.18 Å². The Morgan fingerprint density at radius 2 is 2.06 bits per heavy atom. The van der Waals surface area contributed by atoms with E-state index in [-0.39, 0.29) is 42.1 Å². The number of amides is 2. The van der Waals surface area contributed by atoms with Crippen molar-refractivity contribution in [1.82, 2.24) is 25.4 Å². The van der Waals surface area contributed by atoms with Gasteiger partial charge in [0.1, 0.15) is 17.8 Å². The van der Waals surface area contributed by atoms with Gasteiger partial charge in [-0.2, -0.15) is 4.98 Å². The number of nitrogens with one attached hydrogen (secondary N) is 1. The van der Waals surface area contributed by atoms with Gasteiger partial charge in [0, 0.05) is 37.3 Å². The Labute approximate surface area is 186 Å². The molecule has 0 unspecified atom stereocenters. The number of nitrogens with zero attached hydrogens (tertiary/aromatic N) is 5. The van der Waals surface area contributed by atoms with Crippen molar-refractivity contribution in [3.05, 3.63) is 35.8 Å². The molecule has 178 valence electrons. The van der Waals surface area contributed by atoms with Crippen LogP contribution in [-0.4, -0.2) is 62.8 Å². The lowest BCUT2D eigenvalue weighted by Crippen LogP contribution is -2.54. The molecule has 2 fully saturated rings. The highest BCUT2D eigenvalue weighted by molar-refractivity contribution is 5.75. The summed E-state index contributed by atoms with van der Waals surface area (Å²) >= 11 is 0. The van der Waals surface area contributed by atoms with Crippen LogP contribution in [0.4, 0.5) is 28.3 Å². The molecule has 1 aromatic heterocycles. The summed E-state index contributed by atoms with van der Waals surface area (Å²) in [4.78, 5) is 20.5. The van der Waals surface area contributed by atoms with E-state index in [0.717, 1.165) is 44.0 Å². The Morgan fingerprint density at radius 3 is 2.73 bits per heavy atom. The summed E-state index contributed by atoms with van der Waals surface area (Å²) in [5.74, 6) is -1.54. The van der Waals surface area contributed by atoms with Crippen molar-refractivity contribution in [3.8, 4) is 11.6 Å². The van der Waals surface area contributed by atoms with Gasteiger partial charge in [-0.15, -0.1) is 23.4 Å². The quantitative estimate of drug-likeness (QED) is 0.626. The molecule has 2 heterocycles. The zero-order valence-corrected chi connectivity index (χ0v) is 17.4.